The molecule has 0 bridgehead atoms. The van der Waals surface area contributed by atoms with Crippen molar-refractivity contribution in [3.05, 3.63) is 78.0 Å². The number of hydroxylamine groups is 1. The first-order valence-corrected chi connectivity index (χ1v) is 11.0. The fourth-order valence-corrected chi connectivity index (χ4v) is 3.47. The van der Waals surface area contributed by atoms with Crippen molar-refractivity contribution in [1.29, 1.82) is 0 Å². The van der Waals surface area contributed by atoms with Crippen LogP contribution in [-0.4, -0.2) is 34.0 Å². The summed E-state index contributed by atoms with van der Waals surface area (Å²) in [4.78, 5) is 41.3. The minimum absolute atomic E-state index is 0.203. The zero-order valence-electron chi connectivity index (χ0n) is 18.3. The average Bonchev–Trinajstić information content (AvgIpc) is 2.86. The average molecular weight is 449 g/mol. The highest BCUT2D eigenvalue weighted by Gasteiger charge is 2.22. The second-order valence-corrected chi connectivity index (χ2v) is 7.75. The Hall–Kier alpha value is -3.78. The van der Waals surface area contributed by atoms with Crippen LogP contribution in [0.5, 0.6) is 0 Å². The van der Waals surface area contributed by atoms with Gasteiger partial charge in [0.05, 0.1) is 5.52 Å². The van der Waals surface area contributed by atoms with Crippen LogP contribution in [0.1, 0.15) is 48.2 Å². The normalized spacial score (nSPS) is 11.5. The number of benzene rings is 2. The standard InChI is InChI=1S/C25H28N4O4/c30-23(29-33)14-6-2-5-13-21(24(31)26-17-18-9-3-1-4-10-18)28-25(32)22-16-15-19-11-7-8-12-20(19)27-22/h1,3-4,7-12,15-16,21,33H,2,5-6,13-14,17H2,(H,26,31)(H,28,32)(H,29,30). The van der Waals surface area contributed by atoms with E-state index < -0.39 is 17.9 Å². The summed E-state index contributed by atoms with van der Waals surface area (Å²) in [6.45, 7) is 0.358. The second kappa shape index (κ2) is 12.3. The molecular weight excluding hydrogens is 420 g/mol. The van der Waals surface area contributed by atoms with Crippen LogP contribution in [0.25, 0.3) is 10.9 Å². The number of nitrogens with one attached hydrogen (secondary N) is 3. The Morgan fingerprint density at radius 3 is 2.42 bits per heavy atom. The van der Waals surface area contributed by atoms with Crippen molar-refractivity contribution in [2.45, 2.75) is 44.7 Å². The number of hydrogen-bond acceptors (Lipinski definition) is 5. The smallest absolute Gasteiger partial charge is 0.270 e. The van der Waals surface area contributed by atoms with Gasteiger partial charge in [-0.3, -0.25) is 19.6 Å². The number of pyridine rings is 1. The van der Waals surface area contributed by atoms with Crippen molar-refractivity contribution >= 4 is 28.6 Å². The number of aromatic nitrogens is 1. The molecule has 33 heavy (non-hydrogen) atoms. The Morgan fingerprint density at radius 1 is 0.879 bits per heavy atom. The Morgan fingerprint density at radius 2 is 1.64 bits per heavy atom. The van der Waals surface area contributed by atoms with Gasteiger partial charge in [-0.15, -0.1) is 0 Å². The van der Waals surface area contributed by atoms with Gasteiger partial charge in [-0.2, -0.15) is 0 Å². The zero-order chi connectivity index (χ0) is 23.5. The maximum Gasteiger partial charge on any atom is 0.270 e. The minimum Gasteiger partial charge on any atom is -0.350 e. The second-order valence-electron chi connectivity index (χ2n) is 7.75. The van der Waals surface area contributed by atoms with Crippen molar-refractivity contribution in [2.24, 2.45) is 0 Å². The van der Waals surface area contributed by atoms with Crippen molar-refractivity contribution in [1.82, 2.24) is 21.1 Å². The number of para-hydroxylation sites is 1. The van der Waals surface area contributed by atoms with E-state index in [-0.39, 0.29) is 18.0 Å². The maximum atomic E-state index is 12.9. The van der Waals surface area contributed by atoms with Crippen LogP contribution in [0, 0.1) is 0 Å². The monoisotopic (exact) mass is 448 g/mol. The molecule has 8 heteroatoms. The minimum atomic E-state index is -0.735. The van der Waals surface area contributed by atoms with Gasteiger partial charge >= 0.3 is 0 Å². The van der Waals surface area contributed by atoms with Crippen LogP contribution in [-0.2, 0) is 16.1 Å². The Bertz CT molecular complexity index is 1090. The molecule has 0 fully saturated rings. The van der Waals surface area contributed by atoms with Gasteiger partial charge in [0, 0.05) is 18.4 Å². The summed E-state index contributed by atoms with van der Waals surface area (Å²) in [5.74, 6) is -1.13. The van der Waals surface area contributed by atoms with Crippen molar-refractivity contribution < 1.29 is 19.6 Å². The van der Waals surface area contributed by atoms with E-state index in [1.54, 1.807) is 11.5 Å². The molecule has 4 N–H and O–H groups in total. The predicted octanol–water partition coefficient (Wildman–Crippen LogP) is 3.11. The number of carbonyl (C=O) groups excluding carboxylic acids is 3. The SMILES string of the molecule is O=C(CCCCCC(NC(=O)c1ccc2ccccc2n1)C(=O)NCc1ccccc1)NO. The third-order valence-corrected chi connectivity index (χ3v) is 5.28. The molecule has 1 aromatic heterocycles. The van der Waals surface area contributed by atoms with Gasteiger partial charge in [0.15, 0.2) is 0 Å². The fraction of sp³-hybridized carbons (Fsp3) is 0.280. The van der Waals surface area contributed by atoms with Gasteiger partial charge in [-0.25, -0.2) is 10.5 Å². The summed E-state index contributed by atoms with van der Waals surface area (Å²) in [5.41, 5.74) is 3.52. The molecule has 3 rings (SSSR count). The highest BCUT2D eigenvalue weighted by Crippen LogP contribution is 2.13. The number of unbranched alkanes of at least 4 members (excludes halogenated alkanes) is 2. The summed E-state index contributed by atoms with van der Waals surface area (Å²) in [6.07, 6.45) is 2.51. The van der Waals surface area contributed by atoms with E-state index in [4.69, 9.17) is 5.21 Å². The molecule has 0 spiro atoms. The number of carbonyl (C=O) groups is 3. The van der Waals surface area contributed by atoms with Crippen LogP contribution in [0.2, 0.25) is 0 Å². The van der Waals surface area contributed by atoms with Gasteiger partial charge < -0.3 is 10.6 Å². The van der Waals surface area contributed by atoms with Crippen molar-refractivity contribution in [3.63, 3.8) is 0 Å². The molecule has 0 aliphatic carbocycles. The van der Waals surface area contributed by atoms with E-state index in [9.17, 15) is 14.4 Å². The molecular formula is C25H28N4O4. The number of rotatable bonds is 11. The number of nitrogens with zero attached hydrogens (tertiary/aromatic N) is 1. The summed E-state index contributed by atoms with van der Waals surface area (Å²) in [5, 5.41) is 15.2. The Kier molecular flexibility index (Phi) is 8.90. The molecule has 2 aromatic carbocycles. The number of fused-ring (bicyclic) bond motifs is 1. The lowest BCUT2D eigenvalue weighted by Gasteiger charge is -2.18. The molecule has 1 heterocycles. The van der Waals surface area contributed by atoms with Gasteiger partial charge in [-0.1, -0.05) is 67.4 Å². The van der Waals surface area contributed by atoms with Crippen LogP contribution in [0.4, 0.5) is 0 Å². The van der Waals surface area contributed by atoms with Crippen LogP contribution < -0.4 is 16.1 Å². The summed E-state index contributed by atoms with van der Waals surface area (Å²) in [7, 11) is 0. The molecule has 1 unspecified atom stereocenters. The molecule has 8 nitrogen and oxygen atoms in total. The van der Waals surface area contributed by atoms with E-state index in [1.807, 2.05) is 60.7 Å². The molecule has 0 saturated heterocycles. The quantitative estimate of drug-likeness (QED) is 0.204. The maximum absolute atomic E-state index is 12.9. The largest absolute Gasteiger partial charge is 0.350 e. The third-order valence-electron chi connectivity index (χ3n) is 5.28. The molecule has 0 radical (unpaired) electrons. The lowest BCUT2D eigenvalue weighted by Crippen LogP contribution is -2.46. The van der Waals surface area contributed by atoms with Gasteiger partial charge in [0.2, 0.25) is 11.8 Å². The fourth-order valence-electron chi connectivity index (χ4n) is 3.47. The zero-order valence-corrected chi connectivity index (χ0v) is 18.3. The summed E-state index contributed by atoms with van der Waals surface area (Å²) < 4.78 is 0. The first-order valence-electron chi connectivity index (χ1n) is 11.0. The number of amides is 3. The Balaban J connectivity index is 1.62. The van der Waals surface area contributed by atoms with Gasteiger partial charge in [-0.05, 0) is 30.5 Å². The molecule has 0 aliphatic heterocycles. The van der Waals surface area contributed by atoms with E-state index in [2.05, 4.69) is 15.6 Å². The molecule has 3 aromatic rings. The van der Waals surface area contributed by atoms with Crippen molar-refractivity contribution in [3.8, 4) is 0 Å². The summed E-state index contributed by atoms with van der Waals surface area (Å²) >= 11 is 0. The summed E-state index contributed by atoms with van der Waals surface area (Å²) in [6, 6.07) is 19.8. The molecule has 3 amide bonds. The van der Waals surface area contributed by atoms with E-state index in [0.717, 1.165) is 10.9 Å². The highest BCUT2D eigenvalue weighted by atomic mass is 16.5. The van der Waals surface area contributed by atoms with E-state index in [0.29, 0.717) is 37.7 Å². The first-order chi connectivity index (χ1) is 16.1. The van der Waals surface area contributed by atoms with E-state index >= 15 is 0 Å². The highest BCUT2D eigenvalue weighted by molar-refractivity contribution is 5.97. The van der Waals surface area contributed by atoms with Crippen LogP contribution in [0.3, 0.4) is 0 Å². The molecule has 172 valence electrons. The molecule has 0 aliphatic rings. The van der Waals surface area contributed by atoms with Gasteiger partial charge in [0.25, 0.3) is 5.91 Å². The van der Waals surface area contributed by atoms with Gasteiger partial charge in [0.1, 0.15) is 11.7 Å². The lowest BCUT2D eigenvalue weighted by atomic mass is 10.1. The molecule has 1 atom stereocenters. The van der Waals surface area contributed by atoms with Crippen molar-refractivity contribution in [2.75, 3.05) is 0 Å². The molecule has 0 saturated carbocycles. The number of hydrogen-bond donors (Lipinski definition) is 4. The van der Waals surface area contributed by atoms with E-state index in [1.165, 1.54) is 0 Å². The first kappa shape index (κ1) is 23.9. The predicted molar refractivity (Wildman–Crippen MR) is 124 cm³/mol. The third kappa shape index (κ3) is 7.40. The Labute approximate surface area is 192 Å². The van der Waals surface area contributed by atoms with Crippen LogP contribution >= 0.6 is 0 Å². The van der Waals surface area contributed by atoms with Crippen LogP contribution in [0.15, 0.2) is 66.7 Å². The lowest BCUT2D eigenvalue weighted by molar-refractivity contribution is -0.129. The topological polar surface area (TPSA) is 120 Å².